The zero-order valence-electron chi connectivity index (χ0n) is 35.6. The Morgan fingerprint density at radius 2 is 1.07 bits per heavy atom. The zero-order chi connectivity index (χ0) is 42.5. The van der Waals surface area contributed by atoms with Crippen LogP contribution in [0.15, 0.2) is 60.9 Å². The van der Waals surface area contributed by atoms with Crippen molar-refractivity contribution in [3.63, 3.8) is 0 Å². The van der Waals surface area contributed by atoms with Gasteiger partial charge in [0.15, 0.2) is 0 Å². The third-order valence-corrected chi connectivity index (χ3v) is 12.4. The number of ether oxygens (including phenoxy) is 2. The molecule has 0 spiro atoms. The number of rotatable bonds is 12. The van der Waals surface area contributed by atoms with Gasteiger partial charge in [-0.1, -0.05) is 64.1 Å². The van der Waals surface area contributed by atoms with Crippen LogP contribution < -0.4 is 15.5 Å². The number of imidazole rings is 2. The van der Waals surface area contributed by atoms with Crippen molar-refractivity contribution in [1.29, 1.82) is 0 Å². The van der Waals surface area contributed by atoms with Gasteiger partial charge in [-0.3, -0.25) is 9.59 Å². The largest absolute Gasteiger partial charge is 0.453 e. The number of nitrogens with one attached hydrogen (secondary N) is 4. The number of methoxy groups -OCH3 is 2. The highest BCUT2D eigenvalue weighted by Gasteiger charge is 2.39. The lowest BCUT2D eigenvalue weighted by molar-refractivity contribution is -0.136. The number of hydrogen-bond donors (Lipinski definition) is 4. The first kappa shape index (κ1) is 42.3. The molecule has 3 saturated heterocycles. The van der Waals surface area contributed by atoms with E-state index in [4.69, 9.17) is 19.4 Å². The van der Waals surface area contributed by atoms with Crippen LogP contribution in [0, 0.1) is 11.8 Å². The number of benzene rings is 2. The number of H-pyrrole nitrogens is 2. The van der Waals surface area contributed by atoms with Gasteiger partial charge in [0.05, 0.1) is 50.1 Å². The summed E-state index contributed by atoms with van der Waals surface area (Å²) in [6, 6.07) is 15.6. The first-order valence-electron chi connectivity index (χ1n) is 21.3. The fourth-order valence-electron chi connectivity index (χ4n) is 8.95. The number of amides is 4. The molecule has 7 rings (SSSR count). The Labute approximate surface area is 352 Å². The van der Waals surface area contributed by atoms with Gasteiger partial charge in [0.1, 0.15) is 23.7 Å². The van der Waals surface area contributed by atoms with Gasteiger partial charge in [0.25, 0.3) is 0 Å². The van der Waals surface area contributed by atoms with Crippen molar-refractivity contribution in [3.05, 3.63) is 78.1 Å². The standard InChI is InChI=1S/C45H59N9O6/c1-27(2)38(50-44(57)59-5)42(55)53-21-7-9-36(53)40-46-25-34(48-40)31-13-11-29(12-14-31)30-19-23-52(24-20-30)33-17-15-32(16-18-33)35-26-47-41(49-35)37-10-8-22-54(37)43(56)39(28(3)4)51-45(58)60-6/h11-18,25-28,30,36-39H,7-10,19-24H2,1-6H3,(H,46,48)(H,47,49)(H,50,57)(H,51,58)/t36-,37-,38-,39-/m0/s1. The molecular weight excluding hydrogens is 763 g/mol. The summed E-state index contributed by atoms with van der Waals surface area (Å²) in [6.07, 6.45) is 7.89. The monoisotopic (exact) mass is 821 g/mol. The molecule has 3 fully saturated rings. The summed E-state index contributed by atoms with van der Waals surface area (Å²) in [7, 11) is 2.60. The fourth-order valence-corrected chi connectivity index (χ4v) is 8.95. The lowest BCUT2D eigenvalue weighted by atomic mass is 9.88. The molecule has 4 atom stereocenters. The molecule has 2 aromatic heterocycles. The number of hydrogen-bond acceptors (Lipinski definition) is 9. The van der Waals surface area contributed by atoms with Crippen LogP contribution in [0.25, 0.3) is 22.5 Å². The molecule has 15 heteroatoms. The Kier molecular flexibility index (Phi) is 13.1. The van der Waals surface area contributed by atoms with Gasteiger partial charge in [-0.05, 0) is 85.1 Å². The molecule has 4 N–H and O–H groups in total. The van der Waals surface area contributed by atoms with Crippen molar-refractivity contribution >= 4 is 29.7 Å². The molecule has 3 aliphatic rings. The average molecular weight is 822 g/mol. The minimum Gasteiger partial charge on any atom is -0.453 e. The van der Waals surface area contributed by atoms with Crippen molar-refractivity contribution in [2.75, 3.05) is 45.3 Å². The van der Waals surface area contributed by atoms with E-state index in [1.807, 2.05) is 49.9 Å². The minimum atomic E-state index is -0.674. The Hall–Kier alpha value is -5.86. The number of likely N-dealkylation sites (tertiary alicyclic amines) is 2. The van der Waals surface area contributed by atoms with E-state index in [1.54, 1.807) is 0 Å². The van der Waals surface area contributed by atoms with E-state index in [2.05, 4.69) is 74.0 Å². The number of aromatic amines is 2. The topological polar surface area (TPSA) is 178 Å². The fraction of sp³-hybridized carbons (Fsp3) is 0.511. The van der Waals surface area contributed by atoms with E-state index < -0.39 is 24.3 Å². The van der Waals surface area contributed by atoms with Gasteiger partial charge in [-0.25, -0.2) is 19.6 Å². The molecule has 0 radical (unpaired) electrons. The van der Waals surface area contributed by atoms with Crippen molar-refractivity contribution in [2.45, 2.75) is 96.3 Å². The highest BCUT2D eigenvalue weighted by atomic mass is 16.5. The lowest BCUT2D eigenvalue weighted by Gasteiger charge is -2.34. The molecular formula is C45H59N9O6. The summed E-state index contributed by atoms with van der Waals surface area (Å²) >= 11 is 0. The summed E-state index contributed by atoms with van der Waals surface area (Å²) in [5.41, 5.74) is 6.41. The maximum atomic E-state index is 13.6. The van der Waals surface area contributed by atoms with E-state index >= 15 is 0 Å². The molecule has 0 bridgehead atoms. The van der Waals surface area contributed by atoms with E-state index in [0.717, 1.165) is 85.8 Å². The first-order valence-corrected chi connectivity index (χ1v) is 21.3. The van der Waals surface area contributed by atoms with Crippen LogP contribution in [-0.4, -0.2) is 106 Å². The Morgan fingerprint density at radius 1 is 0.633 bits per heavy atom. The number of carbonyl (C=O) groups is 4. The quantitative estimate of drug-likeness (QED) is 0.118. The van der Waals surface area contributed by atoms with Crippen molar-refractivity contribution in [2.24, 2.45) is 11.8 Å². The predicted octanol–water partition coefficient (Wildman–Crippen LogP) is 6.94. The van der Waals surface area contributed by atoms with Crippen molar-refractivity contribution in [1.82, 2.24) is 40.4 Å². The van der Waals surface area contributed by atoms with Crippen LogP contribution in [0.2, 0.25) is 0 Å². The minimum absolute atomic E-state index is 0.0915. The zero-order valence-corrected chi connectivity index (χ0v) is 35.6. The smallest absolute Gasteiger partial charge is 0.407 e. The first-order chi connectivity index (χ1) is 28.9. The number of anilines is 1. The van der Waals surface area contributed by atoms with Crippen LogP contribution in [0.5, 0.6) is 0 Å². The SMILES string of the molecule is COC(=O)N[C@H](C(=O)N1CCC[C@H]1c1ncc(-c2ccc(C3CCN(c4ccc(-c5cnc([C@@H]6CCCN6C(=O)[C@@H](NC(=O)OC)C(C)C)[nH]5)cc4)CC3)cc2)[nH]1)C(C)C. The summed E-state index contributed by atoms with van der Waals surface area (Å²) in [5, 5.41) is 5.42. The van der Waals surface area contributed by atoms with Gasteiger partial charge in [0.2, 0.25) is 11.8 Å². The third kappa shape index (κ3) is 9.14. The number of nitrogens with zero attached hydrogens (tertiary/aromatic N) is 5. The van der Waals surface area contributed by atoms with E-state index in [1.165, 1.54) is 25.5 Å². The molecule has 3 aliphatic heterocycles. The number of piperidine rings is 1. The molecule has 15 nitrogen and oxygen atoms in total. The molecule has 4 amide bonds. The predicted molar refractivity (Wildman–Crippen MR) is 228 cm³/mol. The van der Waals surface area contributed by atoms with E-state index in [-0.39, 0.29) is 35.7 Å². The second-order valence-electron chi connectivity index (χ2n) is 16.9. The Morgan fingerprint density at radius 3 is 1.48 bits per heavy atom. The number of alkyl carbamates (subject to hydrolysis) is 2. The molecule has 2 aromatic carbocycles. The molecule has 0 aliphatic carbocycles. The summed E-state index contributed by atoms with van der Waals surface area (Å²) < 4.78 is 9.54. The molecule has 320 valence electrons. The van der Waals surface area contributed by atoms with E-state index in [9.17, 15) is 19.2 Å². The Balaban J connectivity index is 0.927. The molecule has 0 unspecified atom stereocenters. The Bertz CT molecular complexity index is 1960. The van der Waals surface area contributed by atoms with Crippen LogP contribution in [0.4, 0.5) is 15.3 Å². The van der Waals surface area contributed by atoms with Gasteiger partial charge in [0, 0.05) is 31.9 Å². The van der Waals surface area contributed by atoms with Crippen LogP contribution >= 0.6 is 0 Å². The van der Waals surface area contributed by atoms with Gasteiger partial charge in [-0.15, -0.1) is 0 Å². The maximum absolute atomic E-state index is 13.6. The molecule has 0 saturated carbocycles. The maximum Gasteiger partial charge on any atom is 0.407 e. The van der Waals surface area contributed by atoms with Gasteiger partial charge in [-0.2, -0.15) is 0 Å². The van der Waals surface area contributed by atoms with E-state index in [0.29, 0.717) is 19.0 Å². The summed E-state index contributed by atoms with van der Waals surface area (Å²) in [4.78, 5) is 73.5. The van der Waals surface area contributed by atoms with Crippen molar-refractivity contribution < 1.29 is 28.7 Å². The van der Waals surface area contributed by atoms with Crippen LogP contribution in [0.3, 0.4) is 0 Å². The average Bonchev–Trinajstić information content (AvgIpc) is 4.11. The number of aromatic nitrogens is 4. The normalized spacial score (nSPS) is 19.4. The third-order valence-electron chi connectivity index (χ3n) is 12.4. The number of carbonyl (C=O) groups excluding carboxylic acids is 4. The summed E-state index contributed by atoms with van der Waals surface area (Å²) in [6.45, 7) is 10.8. The molecule has 5 heterocycles. The highest BCUT2D eigenvalue weighted by Crippen LogP contribution is 2.36. The molecule has 4 aromatic rings. The van der Waals surface area contributed by atoms with Crippen molar-refractivity contribution in [3.8, 4) is 22.5 Å². The second kappa shape index (κ2) is 18.6. The van der Waals surface area contributed by atoms with Crippen LogP contribution in [0.1, 0.15) is 101 Å². The molecule has 60 heavy (non-hydrogen) atoms. The summed E-state index contributed by atoms with van der Waals surface area (Å²) in [5.74, 6) is 1.55. The lowest BCUT2D eigenvalue weighted by Crippen LogP contribution is -2.51. The van der Waals surface area contributed by atoms with Crippen LogP contribution in [-0.2, 0) is 19.1 Å². The van der Waals surface area contributed by atoms with Gasteiger partial charge >= 0.3 is 12.2 Å². The van der Waals surface area contributed by atoms with Gasteiger partial charge < -0.3 is 44.8 Å². The second-order valence-corrected chi connectivity index (χ2v) is 16.9. The highest BCUT2D eigenvalue weighted by molar-refractivity contribution is 5.87.